The Bertz CT molecular complexity index is 1620. The maximum absolute atomic E-state index is 2.44. The first-order valence-electron chi connectivity index (χ1n) is 11.3. The summed E-state index contributed by atoms with van der Waals surface area (Å²) in [5, 5.41) is 2.75. The van der Waals surface area contributed by atoms with Gasteiger partial charge < -0.3 is 4.90 Å². The molecule has 32 heavy (non-hydrogen) atoms. The van der Waals surface area contributed by atoms with Gasteiger partial charge in [0.15, 0.2) is 0 Å². The van der Waals surface area contributed by atoms with Crippen molar-refractivity contribution in [3.05, 3.63) is 126 Å². The Morgan fingerprint density at radius 2 is 1.22 bits per heavy atom. The van der Waals surface area contributed by atoms with E-state index in [2.05, 4.69) is 114 Å². The Balaban J connectivity index is 1.50. The lowest BCUT2D eigenvalue weighted by Gasteiger charge is -2.36. The highest BCUT2D eigenvalue weighted by Crippen LogP contribution is 2.52. The molecule has 0 unspecified atom stereocenters. The van der Waals surface area contributed by atoms with Crippen molar-refractivity contribution in [3.8, 4) is 0 Å². The van der Waals surface area contributed by atoms with E-state index in [1.807, 2.05) is 0 Å². The van der Waals surface area contributed by atoms with Crippen molar-refractivity contribution >= 4 is 56.5 Å². The van der Waals surface area contributed by atoms with Crippen molar-refractivity contribution < 1.29 is 0 Å². The first-order chi connectivity index (χ1) is 15.9. The van der Waals surface area contributed by atoms with Crippen LogP contribution in [0.5, 0.6) is 0 Å². The summed E-state index contributed by atoms with van der Waals surface area (Å²) in [4.78, 5) is 2.44. The van der Waals surface area contributed by atoms with Crippen LogP contribution >= 0.6 is 0 Å². The van der Waals surface area contributed by atoms with E-state index in [0.29, 0.717) is 0 Å². The monoisotopic (exact) mass is 403 g/mol. The van der Waals surface area contributed by atoms with Crippen molar-refractivity contribution in [2.24, 2.45) is 0 Å². The molecule has 3 aliphatic rings. The fraction of sp³-hybridized carbons (Fsp3) is 0. The molecular weight excluding hydrogens is 385 g/mol. The number of fused-ring (bicyclic) bond motifs is 6. The minimum atomic E-state index is 0.269. The Hall–Kier alpha value is -4.04. The van der Waals surface area contributed by atoms with Crippen molar-refractivity contribution in [1.29, 1.82) is 0 Å². The third-order valence-corrected chi connectivity index (χ3v) is 7.41. The standard InChI is InChI=1S/C30H18BN/c1-2-11-20(12-3-1)32-25-17-5-4-16-24(25)31-29-23(15-8-18-26(29)32)28-21-13-6-9-19-10-7-14-22(27(19)21)30(28)31/h1-18H. The van der Waals surface area contributed by atoms with Gasteiger partial charge in [0.05, 0.1) is 0 Å². The molecule has 2 heterocycles. The summed E-state index contributed by atoms with van der Waals surface area (Å²) < 4.78 is 0. The maximum atomic E-state index is 2.44. The van der Waals surface area contributed by atoms with E-state index in [0.717, 1.165) is 0 Å². The lowest BCUT2D eigenvalue weighted by atomic mass is 9.35. The van der Waals surface area contributed by atoms with Gasteiger partial charge in [-0.1, -0.05) is 90.4 Å². The van der Waals surface area contributed by atoms with Gasteiger partial charge in [-0.15, -0.1) is 0 Å². The van der Waals surface area contributed by atoms with Gasteiger partial charge in [0.2, 0.25) is 6.71 Å². The molecule has 0 fully saturated rings. The molecule has 146 valence electrons. The molecule has 0 amide bonds. The fourth-order valence-corrected chi connectivity index (χ4v) is 6.29. The largest absolute Gasteiger partial charge is 0.312 e. The SMILES string of the molecule is c1ccc(N2c3ccccc3B3C4=C(c5cccc2c53)c2cccc3cccc4c23)cc1. The van der Waals surface area contributed by atoms with Crippen molar-refractivity contribution in [2.75, 3.05) is 4.90 Å². The zero-order valence-corrected chi connectivity index (χ0v) is 17.4. The van der Waals surface area contributed by atoms with Crippen molar-refractivity contribution in [2.45, 2.75) is 0 Å². The van der Waals surface area contributed by atoms with E-state index < -0.39 is 0 Å². The van der Waals surface area contributed by atoms with Gasteiger partial charge >= 0.3 is 0 Å². The quantitative estimate of drug-likeness (QED) is 0.308. The fourth-order valence-electron chi connectivity index (χ4n) is 6.29. The lowest BCUT2D eigenvalue weighted by Crippen LogP contribution is -2.49. The summed E-state index contributed by atoms with van der Waals surface area (Å²) >= 11 is 0. The molecule has 0 N–H and O–H groups in total. The highest BCUT2D eigenvalue weighted by atomic mass is 15.1. The number of para-hydroxylation sites is 2. The molecule has 0 saturated carbocycles. The Morgan fingerprint density at radius 1 is 0.531 bits per heavy atom. The Kier molecular flexibility index (Phi) is 3.02. The van der Waals surface area contributed by atoms with E-state index in [9.17, 15) is 0 Å². The molecule has 0 atom stereocenters. The average Bonchev–Trinajstić information content (AvgIpc) is 3.37. The first kappa shape index (κ1) is 16.6. The van der Waals surface area contributed by atoms with E-state index in [1.165, 1.54) is 66.5 Å². The summed E-state index contributed by atoms with van der Waals surface area (Å²) in [6, 6.07) is 40.1. The Morgan fingerprint density at radius 3 is 2.09 bits per heavy atom. The van der Waals surface area contributed by atoms with E-state index in [1.54, 1.807) is 0 Å². The summed E-state index contributed by atoms with van der Waals surface area (Å²) in [6.45, 7) is 0.269. The van der Waals surface area contributed by atoms with Gasteiger partial charge in [-0.2, -0.15) is 0 Å². The molecule has 5 aromatic rings. The normalized spacial score (nSPS) is 14.6. The van der Waals surface area contributed by atoms with Crippen LogP contribution < -0.4 is 15.8 Å². The molecule has 8 rings (SSSR count). The minimum absolute atomic E-state index is 0.269. The van der Waals surface area contributed by atoms with Crippen LogP contribution in [0.4, 0.5) is 17.1 Å². The van der Waals surface area contributed by atoms with Crippen LogP contribution in [0.3, 0.4) is 0 Å². The molecule has 5 aromatic carbocycles. The lowest BCUT2D eigenvalue weighted by molar-refractivity contribution is 1.29. The predicted octanol–water partition coefficient (Wildman–Crippen LogP) is 6.06. The molecule has 0 radical (unpaired) electrons. The van der Waals surface area contributed by atoms with Gasteiger partial charge in [-0.25, -0.2) is 0 Å². The number of anilines is 3. The topological polar surface area (TPSA) is 3.24 Å². The summed E-state index contributed by atoms with van der Waals surface area (Å²) in [6.07, 6.45) is 0. The highest BCUT2D eigenvalue weighted by Gasteiger charge is 2.46. The summed E-state index contributed by atoms with van der Waals surface area (Å²) in [5.74, 6) is 0. The van der Waals surface area contributed by atoms with Gasteiger partial charge in [0.1, 0.15) is 0 Å². The van der Waals surface area contributed by atoms with Crippen LogP contribution in [0, 0.1) is 0 Å². The molecule has 0 spiro atoms. The van der Waals surface area contributed by atoms with Crippen LogP contribution in [-0.4, -0.2) is 6.71 Å². The molecule has 0 saturated heterocycles. The number of rotatable bonds is 1. The smallest absolute Gasteiger partial charge is 0.249 e. The number of hydrogen-bond acceptors (Lipinski definition) is 1. The molecule has 1 nitrogen and oxygen atoms in total. The van der Waals surface area contributed by atoms with Crippen LogP contribution in [0.15, 0.2) is 109 Å². The van der Waals surface area contributed by atoms with E-state index >= 15 is 0 Å². The number of hydrogen-bond donors (Lipinski definition) is 0. The zero-order chi connectivity index (χ0) is 20.8. The molecule has 2 heteroatoms. The van der Waals surface area contributed by atoms with Gasteiger partial charge in [-0.3, -0.25) is 0 Å². The van der Waals surface area contributed by atoms with E-state index in [-0.39, 0.29) is 6.71 Å². The second kappa shape index (κ2) is 5.80. The molecule has 0 aromatic heterocycles. The van der Waals surface area contributed by atoms with E-state index in [4.69, 9.17) is 0 Å². The highest BCUT2D eigenvalue weighted by molar-refractivity contribution is 7.05. The second-order valence-corrected chi connectivity index (χ2v) is 8.90. The van der Waals surface area contributed by atoms with Crippen LogP contribution in [0.2, 0.25) is 0 Å². The summed E-state index contributed by atoms with van der Waals surface area (Å²) in [5.41, 5.74) is 13.7. The minimum Gasteiger partial charge on any atom is -0.312 e. The zero-order valence-electron chi connectivity index (χ0n) is 17.4. The van der Waals surface area contributed by atoms with Gasteiger partial charge in [0, 0.05) is 17.1 Å². The molecule has 0 bridgehead atoms. The van der Waals surface area contributed by atoms with Crippen LogP contribution in [-0.2, 0) is 0 Å². The maximum Gasteiger partial charge on any atom is 0.249 e. The third kappa shape index (κ3) is 1.87. The number of benzene rings is 5. The Labute approximate surface area is 187 Å². The van der Waals surface area contributed by atoms with Crippen LogP contribution in [0.25, 0.3) is 21.8 Å². The molecule has 1 aliphatic carbocycles. The molecule has 2 aliphatic heterocycles. The third-order valence-electron chi connectivity index (χ3n) is 7.41. The summed E-state index contributed by atoms with van der Waals surface area (Å²) in [7, 11) is 0. The predicted molar refractivity (Wildman–Crippen MR) is 136 cm³/mol. The van der Waals surface area contributed by atoms with Crippen LogP contribution in [0.1, 0.15) is 16.7 Å². The van der Waals surface area contributed by atoms with Gasteiger partial charge in [0.25, 0.3) is 0 Å². The molecular formula is C30H18BN. The number of nitrogens with zero attached hydrogens (tertiary/aromatic N) is 1. The average molecular weight is 403 g/mol. The van der Waals surface area contributed by atoms with Crippen molar-refractivity contribution in [3.63, 3.8) is 0 Å². The second-order valence-electron chi connectivity index (χ2n) is 8.90. The first-order valence-corrected chi connectivity index (χ1v) is 11.3. The van der Waals surface area contributed by atoms with Crippen molar-refractivity contribution in [1.82, 2.24) is 0 Å². The van der Waals surface area contributed by atoms with Gasteiger partial charge in [-0.05, 0) is 68.2 Å².